The lowest BCUT2D eigenvalue weighted by Crippen LogP contribution is -2.28. The van der Waals surface area contributed by atoms with Gasteiger partial charge in [-0.15, -0.1) is 0 Å². The standard InChI is InChI=1S/C17H32N2/c1-6-9-11-17(10-7-2)18-13-16-12-14(4)19(8-3)15(16)5/h12,17-18H,6-11,13H2,1-5H3. The van der Waals surface area contributed by atoms with Gasteiger partial charge in [0.15, 0.2) is 0 Å². The Morgan fingerprint density at radius 2 is 1.84 bits per heavy atom. The van der Waals surface area contributed by atoms with Crippen molar-refractivity contribution < 1.29 is 0 Å². The molecule has 0 aliphatic heterocycles. The minimum Gasteiger partial charge on any atom is -0.349 e. The van der Waals surface area contributed by atoms with Gasteiger partial charge in [-0.2, -0.15) is 0 Å². The molecule has 1 heterocycles. The molecule has 0 amide bonds. The summed E-state index contributed by atoms with van der Waals surface area (Å²) in [4.78, 5) is 0. The predicted molar refractivity (Wildman–Crippen MR) is 84.6 cm³/mol. The van der Waals surface area contributed by atoms with Crippen LogP contribution in [0.5, 0.6) is 0 Å². The Bertz CT molecular complexity index is 366. The van der Waals surface area contributed by atoms with Gasteiger partial charge in [0, 0.05) is 30.5 Å². The molecule has 0 saturated carbocycles. The second-order valence-corrected chi connectivity index (χ2v) is 5.65. The minimum atomic E-state index is 0.689. The predicted octanol–water partition coefficient (Wildman–Crippen LogP) is 4.57. The summed E-state index contributed by atoms with van der Waals surface area (Å²) < 4.78 is 2.40. The van der Waals surface area contributed by atoms with Gasteiger partial charge in [0.2, 0.25) is 0 Å². The summed E-state index contributed by atoms with van der Waals surface area (Å²) in [5.74, 6) is 0. The first-order valence-corrected chi connectivity index (χ1v) is 8.02. The highest BCUT2D eigenvalue weighted by Gasteiger charge is 2.10. The van der Waals surface area contributed by atoms with Gasteiger partial charge in [0.25, 0.3) is 0 Å². The molecule has 1 N–H and O–H groups in total. The first kappa shape index (κ1) is 16.3. The van der Waals surface area contributed by atoms with Gasteiger partial charge in [-0.05, 0) is 45.2 Å². The van der Waals surface area contributed by atoms with E-state index in [1.54, 1.807) is 0 Å². The Balaban J connectivity index is 2.58. The fourth-order valence-electron chi connectivity index (χ4n) is 2.94. The summed E-state index contributed by atoms with van der Waals surface area (Å²) in [7, 11) is 0. The van der Waals surface area contributed by atoms with Crippen molar-refractivity contribution in [3.63, 3.8) is 0 Å². The number of rotatable bonds is 9. The zero-order chi connectivity index (χ0) is 14.3. The van der Waals surface area contributed by atoms with Crippen molar-refractivity contribution in [3.05, 3.63) is 23.0 Å². The highest BCUT2D eigenvalue weighted by molar-refractivity contribution is 5.26. The van der Waals surface area contributed by atoms with E-state index in [0.29, 0.717) is 6.04 Å². The molecule has 1 aromatic rings. The van der Waals surface area contributed by atoms with Crippen molar-refractivity contribution >= 4 is 0 Å². The van der Waals surface area contributed by atoms with E-state index >= 15 is 0 Å². The third kappa shape index (κ3) is 4.68. The summed E-state index contributed by atoms with van der Waals surface area (Å²) in [6.45, 7) is 13.3. The minimum absolute atomic E-state index is 0.689. The Morgan fingerprint density at radius 1 is 1.11 bits per heavy atom. The topological polar surface area (TPSA) is 17.0 Å². The van der Waals surface area contributed by atoms with E-state index in [0.717, 1.165) is 13.1 Å². The van der Waals surface area contributed by atoms with Crippen LogP contribution in [0.1, 0.15) is 69.8 Å². The van der Waals surface area contributed by atoms with Crippen molar-refractivity contribution in [2.45, 2.75) is 85.9 Å². The SMILES string of the molecule is CCCCC(CCC)NCc1cc(C)n(CC)c1C. The lowest BCUT2D eigenvalue weighted by molar-refractivity contribution is 0.433. The molecule has 110 valence electrons. The van der Waals surface area contributed by atoms with Crippen LogP contribution in [0.4, 0.5) is 0 Å². The molecular weight excluding hydrogens is 232 g/mol. The molecule has 0 aromatic carbocycles. The van der Waals surface area contributed by atoms with Crippen molar-refractivity contribution in [1.29, 1.82) is 0 Å². The second-order valence-electron chi connectivity index (χ2n) is 5.65. The molecule has 1 atom stereocenters. The van der Waals surface area contributed by atoms with Crippen LogP contribution >= 0.6 is 0 Å². The van der Waals surface area contributed by atoms with Crippen molar-refractivity contribution in [2.24, 2.45) is 0 Å². The van der Waals surface area contributed by atoms with E-state index < -0.39 is 0 Å². The summed E-state index contributed by atoms with van der Waals surface area (Å²) in [6.07, 6.45) is 6.52. The third-order valence-electron chi connectivity index (χ3n) is 4.12. The molecule has 0 fully saturated rings. The van der Waals surface area contributed by atoms with Gasteiger partial charge in [-0.3, -0.25) is 0 Å². The van der Waals surface area contributed by atoms with Crippen LogP contribution in [0.25, 0.3) is 0 Å². The number of aryl methyl sites for hydroxylation is 1. The molecule has 1 aromatic heterocycles. The lowest BCUT2D eigenvalue weighted by atomic mass is 10.0. The number of unbranched alkanes of at least 4 members (excludes halogenated alkanes) is 1. The lowest BCUT2D eigenvalue weighted by Gasteiger charge is -2.18. The zero-order valence-electron chi connectivity index (χ0n) is 13.6. The summed E-state index contributed by atoms with van der Waals surface area (Å²) in [5.41, 5.74) is 4.28. The highest BCUT2D eigenvalue weighted by Crippen LogP contribution is 2.16. The molecule has 0 spiro atoms. The van der Waals surface area contributed by atoms with Gasteiger partial charge in [-0.1, -0.05) is 33.1 Å². The Hall–Kier alpha value is -0.760. The Morgan fingerprint density at radius 3 is 2.37 bits per heavy atom. The average molecular weight is 264 g/mol. The number of hydrogen-bond acceptors (Lipinski definition) is 1. The Kier molecular flexibility index (Phi) is 7.22. The van der Waals surface area contributed by atoms with Crippen LogP contribution in [0.3, 0.4) is 0 Å². The van der Waals surface area contributed by atoms with Gasteiger partial charge >= 0.3 is 0 Å². The van der Waals surface area contributed by atoms with Gasteiger partial charge < -0.3 is 9.88 Å². The van der Waals surface area contributed by atoms with E-state index in [1.165, 1.54) is 49.1 Å². The van der Waals surface area contributed by atoms with E-state index in [4.69, 9.17) is 0 Å². The summed E-state index contributed by atoms with van der Waals surface area (Å²) >= 11 is 0. The van der Waals surface area contributed by atoms with Crippen molar-refractivity contribution in [1.82, 2.24) is 9.88 Å². The molecule has 0 aliphatic rings. The van der Waals surface area contributed by atoms with E-state index in [2.05, 4.69) is 50.6 Å². The fourth-order valence-corrected chi connectivity index (χ4v) is 2.94. The first-order chi connectivity index (χ1) is 9.13. The Labute approximate surface area is 119 Å². The maximum Gasteiger partial charge on any atom is 0.0225 e. The number of hydrogen-bond donors (Lipinski definition) is 1. The van der Waals surface area contributed by atoms with Gasteiger partial charge in [0.1, 0.15) is 0 Å². The second kappa shape index (κ2) is 8.42. The molecule has 2 heteroatoms. The third-order valence-corrected chi connectivity index (χ3v) is 4.12. The van der Waals surface area contributed by atoms with E-state index in [-0.39, 0.29) is 0 Å². The molecule has 0 saturated heterocycles. The maximum absolute atomic E-state index is 3.76. The smallest absolute Gasteiger partial charge is 0.0225 e. The van der Waals surface area contributed by atoms with Crippen LogP contribution in [-0.2, 0) is 13.1 Å². The van der Waals surface area contributed by atoms with Crippen molar-refractivity contribution in [2.75, 3.05) is 0 Å². The van der Waals surface area contributed by atoms with Gasteiger partial charge in [0.05, 0.1) is 0 Å². The quantitative estimate of drug-likeness (QED) is 0.691. The van der Waals surface area contributed by atoms with Crippen LogP contribution in [-0.4, -0.2) is 10.6 Å². The number of aromatic nitrogens is 1. The van der Waals surface area contributed by atoms with E-state index in [1.807, 2.05) is 0 Å². The zero-order valence-corrected chi connectivity index (χ0v) is 13.6. The maximum atomic E-state index is 3.76. The van der Waals surface area contributed by atoms with E-state index in [9.17, 15) is 0 Å². The van der Waals surface area contributed by atoms with Crippen LogP contribution in [0.2, 0.25) is 0 Å². The molecular formula is C17H32N2. The normalized spacial score (nSPS) is 12.9. The average Bonchev–Trinajstić information content (AvgIpc) is 2.67. The van der Waals surface area contributed by atoms with Gasteiger partial charge in [-0.25, -0.2) is 0 Å². The molecule has 2 nitrogen and oxygen atoms in total. The molecule has 0 aliphatic carbocycles. The highest BCUT2D eigenvalue weighted by atomic mass is 15.0. The summed E-state index contributed by atoms with van der Waals surface area (Å²) in [5, 5.41) is 3.76. The summed E-state index contributed by atoms with van der Waals surface area (Å²) in [6, 6.07) is 3.03. The molecule has 1 unspecified atom stereocenters. The fraction of sp³-hybridized carbons (Fsp3) is 0.765. The van der Waals surface area contributed by atoms with Crippen LogP contribution in [0.15, 0.2) is 6.07 Å². The molecule has 0 bridgehead atoms. The molecule has 19 heavy (non-hydrogen) atoms. The van der Waals surface area contributed by atoms with Crippen LogP contribution in [0, 0.1) is 13.8 Å². The molecule has 1 rings (SSSR count). The van der Waals surface area contributed by atoms with Crippen LogP contribution < -0.4 is 5.32 Å². The first-order valence-electron chi connectivity index (χ1n) is 8.02. The van der Waals surface area contributed by atoms with Crippen molar-refractivity contribution in [3.8, 4) is 0 Å². The molecule has 0 radical (unpaired) electrons. The largest absolute Gasteiger partial charge is 0.349 e. The number of nitrogens with one attached hydrogen (secondary N) is 1. The number of nitrogens with zero attached hydrogens (tertiary/aromatic N) is 1. The monoisotopic (exact) mass is 264 g/mol.